The summed E-state index contributed by atoms with van der Waals surface area (Å²) in [4.78, 5) is 17.5. The molecular formula is C24H32N2O. The van der Waals surface area contributed by atoms with Gasteiger partial charge in [-0.05, 0) is 42.9 Å². The molecule has 0 unspecified atom stereocenters. The van der Waals surface area contributed by atoms with Gasteiger partial charge in [0.1, 0.15) is 0 Å². The molecule has 2 atom stereocenters. The average Bonchev–Trinajstić information content (AvgIpc) is 2.70. The molecule has 1 aliphatic heterocycles. The number of piperidine rings is 1. The Morgan fingerprint density at radius 1 is 1.07 bits per heavy atom. The van der Waals surface area contributed by atoms with Gasteiger partial charge in [0.25, 0.3) is 0 Å². The van der Waals surface area contributed by atoms with Gasteiger partial charge in [-0.2, -0.15) is 0 Å². The Kier molecular flexibility index (Phi) is 7.05. The van der Waals surface area contributed by atoms with Crippen LogP contribution in [0.25, 0.3) is 0 Å². The summed E-state index contributed by atoms with van der Waals surface area (Å²) in [6.45, 7) is 7.59. The Bertz CT molecular complexity index is 701. The molecule has 1 aliphatic rings. The van der Waals surface area contributed by atoms with Crippen molar-refractivity contribution in [3.05, 3.63) is 66.2 Å². The molecule has 1 heterocycles. The van der Waals surface area contributed by atoms with E-state index in [-0.39, 0.29) is 5.91 Å². The van der Waals surface area contributed by atoms with E-state index in [0.717, 1.165) is 44.6 Å². The smallest absolute Gasteiger partial charge is 0.227 e. The number of rotatable bonds is 7. The fraction of sp³-hybridized carbons (Fsp3) is 0.458. The number of hydrogen-bond acceptors (Lipinski definition) is 2. The molecule has 0 bridgehead atoms. The molecule has 2 aromatic rings. The van der Waals surface area contributed by atoms with Gasteiger partial charge >= 0.3 is 0 Å². The molecule has 0 spiro atoms. The molecule has 1 amide bonds. The highest BCUT2D eigenvalue weighted by molar-refractivity contribution is 5.94. The van der Waals surface area contributed by atoms with E-state index in [1.54, 1.807) is 0 Å². The Morgan fingerprint density at radius 2 is 1.74 bits per heavy atom. The highest BCUT2D eigenvalue weighted by Crippen LogP contribution is 2.28. The third-order valence-corrected chi connectivity index (χ3v) is 5.60. The van der Waals surface area contributed by atoms with E-state index in [1.165, 1.54) is 5.56 Å². The molecule has 144 valence electrons. The lowest BCUT2D eigenvalue weighted by Crippen LogP contribution is -2.52. The first kappa shape index (κ1) is 19.6. The Hall–Kier alpha value is -2.13. The minimum Gasteiger partial charge on any atom is -0.309 e. The van der Waals surface area contributed by atoms with Gasteiger partial charge in [-0.1, -0.05) is 62.4 Å². The first-order chi connectivity index (χ1) is 13.2. The highest BCUT2D eigenvalue weighted by atomic mass is 16.2. The van der Waals surface area contributed by atoms with Crippen LogP contribution in [0.2, 0.25) is 0 Å². The largest absolute Gasteiger partial charge is 0.309 e. The standard InChI is InChI=1S/C24H32N2O/c1-3-10-24(27)26(22-13-8-5-9-14-22)23-16-18-25(19-20(23)2)17-15-21-11-6-4-7-12-21/h4-9,11-14,20,23H,3,10,15-19H2,1-2H3/t20-,23+/m1/s1. The van der Waals surface area contributed by atoms with Gasteiger partial charge in [-0.15, -0.1) is 0 Å². The van der Waals surface area contributed by atoms with E-state index in [2.05, 4.69) is 66.1 Å². The summed E-state index contributed by atoms with van der Waals surface area (Å²) in [6, 6.07) is 21.2. The second-order valence-electron chi connectivity index (χ2n) is 7.72. The number of carbonyl (C=O) groups excluding carboxylic acids is 1. The van der Waals surface area contributed by atoms with Crippen molar-refractivity contribution in [1.29, 1.82) is 0 Å². The number of hydrogen-bond donors (Lipinski definition) is 0. The van der Waals surface area contributed by atoms with Gasteiger partial charge in [0.15, 0.2) is 0 Å². The molecule has 3 nitrogen and oxygen atoms in total. The normalized spacial score (nSPS) is 20.4. The van der Waals surface area contributed by atoms with E-state index in [9.17, 15) is 4.79 Å². The first-order valence-electron chi connectivity index (χ1n) is 10.3. The molecule has 0 radical (unpaired) electrons. The van der Waals surface area contributed by atoms with Gasteiger partial charge in [0, 0.05) is 37.8 Å². The summed E-state index contributed by atoms with van der Waals surface area (Å²) < 4.78 is 0. The quantitative estimate of drug-likeness (QED) is 0.706. The monoisotopic (exact) mass is 364 g/mol. The summed E-state index contributed by atoms with van der Waals surface area (Å²) >= 11 is 0. The topological polar surface area (TPSA) is 23.6 Å². The zero-order chi connectivity index (χ0) is 19.1. The van der Waals surface area contributed by atoms with Crippen LogP contribution in [0.15, 0.2) is 60.7 Å². The van der Waals surface area contributed by atoms with Crippen molar-refractivity contribution in [3.8, 4) is 0 Å². The minimum atomic E-state index is 0.262. The van der Waals surface area contributed by atoms with Crippen LogP contribution in [0.3, 0.4) is 0 Å². The number of amides is 1. The van der Waals surface area contributed by atoms with Crippen LogP contribution >= 0.6 is 0 Å². The fourth-order valence-electron chi connectivity index (χ4n) is 4.18. The van der Waals surface area contributed by atoms with Crippen LogP contribution in [-0.2, 0) is 11.2 Å². The Morgan fingerprint density at radius 3 is 2.37 bits per heavy atom. The van der Waals surface area contributed by atoms with Crippen LogP contribution in [-0.4, -0.2) is 36.5 Å². The van der Waals surface area contributed by atoms with Gasteiger partial charge < -0.3 is 9.80 Å². The molecule has 0 saturated carbocycles. The van der Waals surface area contributed by atoms with Crippen molar-refractivity contribution in [2.24, 2.45) is 5.92 Å². The summed E-state index contributed by atoms with van der Waals surface area (Å²) in [6.07, 6.45) is 3.65. The molecule has 27 heavy (non-hydrogen) atoms. The van der Waals surface area contributed by atoms with Crippen molar-refractivity contribution >= 4 is 11.6 Å². The van der Waals surface area contributed by atoms with E-state index in [0.29, 0.717) is 18.4 Å². The third kappa shape index (κ3) is 5.20. The molecule has 1 fully saturated rings. The Labute approximate surface area is 164 Å². The van der Waals surface area contributed by atoms with Crippen molar-refractivity contribution < 1.29 is 4.79 Å². The fourth-order valence-corrected chi connectivity index (χ4v) is 4.18. The summed E-state index contributed by atoms with van der Waals surface area (Å²) in [5.74, 6) is 0.730. The van der Waals surface area contributed by atoms with Crippen LogP contribution < -0.4 is 4.90 Å². The van der Waals surface area contributed by atoms with Crippen molar-refractivity contribution in [3.63, 3.8) is 0 Å². The molecule has 0 aromatic heterocycles. The minimum absolute atomic E-state index is 0.262. The molecular weight excluding hydrogens is 332 g/mol. The maximum Gasteiger partial charge on any atom is 0.227 e. The highest BCUT2D eigenvalue weighted by Gasteiger charge is 2.33. The maximum atomic E-state index is 12.9. The van der Waals surface area contributed by atoms with E-state index in [4.69, 9.17) is 0 Å². The molecule has 1 saturated heterocycles. The number of anilines is 1. The van der Waals surface area contributed by atoms with Gasteiger partial charge in [0.2, 0.25) is 5.91 Å². The van der Waals surface area contributed by atoms with Gasteiger partial charge in [-0.25, -0.2) is 0 Å². The number of benzene rings is 2. The second-order valence-corrected chi connectivity index (χ2v) is 7.72. The number of nitrogens with zero attached hydrogens (tertiary/aromatic N) is 2. The maximum absolute atomic E-state index is 12.9. The van der Waals surface area contributed by atoms with Crippen molar-refractivity contribution in [2.45, 2.75) is 45.6 Å². The van der Waals surface area contributed by atoms with Crippen molar-refractivity contribution in [1.82, 2.24) is 4.90 Å². The van der Waals surface area contributed by atoms with Crippen LogP contribution in [0, 0.1) is 5.92 Å². The zero-order valence-corrected chi connectivity index (χ0v) is 16.7. The third-order valence-electron chi connectivity index (χ3n) is 5.60. The Balaban J connectivity index is 1.64. The van der Waals surface area contributed by atoms with E-state index >= 15 is 0 Å². The van der Waals surface area contributed by atoms with E-state index in [1.807, 2.05) is 18.2 Å². The molecule has 0 N–H and O–H groups in total. The molecule has 3 rings (SSSR count). The molecule has 0 aliphatic carbocycles. The predicted molar refractivity (Wildman–Crippen MR) is 113 cm³/mol. The molecule has 3 heteroatoms. The predicted octanol–water partition coefficient (Wildman–Crippen LogP) is 4.77. The lowest BCUT2D eigenvalue weighted by molar-refractivity contribution is -0.119. The summed E-state index contributed by atoms with van der Waals surface area (Å²) in [5, 5.41) is 0. The van der Waals surface area contributed by atoms with Crippen molar-refractivity contribution in [2.75, 3.05) is 24.5 Å². The molecule has 2 aromatic carbocycles. The number of para-hydroxylation sites is 1. The first-order valence-corrected chi connectivity index (χ1v) is 10.3. The second kappa shape index (κ2) is 9.70. The van der Waals surface area contributed by atoms with E-state index < -0.39 is 0 Å². The summed E-state index contributed by atoms with van der Waals surface area (Å²) in [7, 11) is 0. The van der Waals surface area contributed by atoms with Crippen LogP contribution in [0.1, 0.15) is 38.7 Å². The summed E-state index contributed by atoms with van der Waals surface area (Å²) in [5.41, 5.74) is 2.45. The van der Waals surface area contributed by atoms with Gasteiger partial charge in [-0.3, -0.25) is 4.79 Å². The lowest BCUT2D eigenvalue weighted by atomic mass is 9.91. The van der Waals surface area contributed by atoms with Crippen LogP contribution in [0.4, 0.5) is 5.69 Å². The SMILES string of the molecule is CCCC(=O)N(c1ccccc1)[C@H]1CCN(CCc2ccccc2)C[C@H]1C. The lowest BCUT2D eigenvalue weighted by Gasteiger charge is -2.43. The number of carbonyl (C=O) groups is 1. The number of likely N-dealkylation sites (tertiary alicyclic amines) is 1. The van der Waals surface area contributed by atoms with Gasteiger partial charge in [0.05, 0.1) is 0 Å². The zero-order valence-electron chi connectivity index (χ0n) is 16.7. The van der Waals surface area contributed by atoms with Crippen LogP contribution in [0.5, 0.6) is 0 Å². The average molecular weight is 365 g/mol.